The molecule has 0 spiro atoms. The molecule has 1 heterocycles. The molecule has 0 radical (unpaired) electrons. The maximum Gasteiger partial charge on any atom is 0.573 e. The average molecular weight is 424 g/mol. The Balaban J connectivity index is 1.98. The van der Waals surface area contributed by atoms with Crippen LogP contribution in [0, 0.1) is 17.0 Å². The van der Waals surface area contributed by atoms with Crippen molar-refractivity contribution in [1.29, 1.82) is 5.41 Å². The van der Waals surface area contributed by atoms with E-state index in [1.54, 1.807) is 0 Å². The van der Waals surface area contributed by atoms with Crippen LogP contribution in [0.25, 0.3) is 0 Å². The van der Waals surface area contributed by atoms with Gasteiger partial charge in [-0.25, -0.2) is 13.8 Å². The van der Waals surface area contributed by atoms with Crippen LogP contribution in [0.4, 0.5) is 33.5 Å². The number of ether oxygens (including phenoxy) is 1. The van der Waals surface area contributed by atoms with E-state index < -0.39 is 29.3 Å². The SMILES string of the molecule is N=Cc1c(Nc2ccc(F)cc2F)nc(Cc2ccccc2OC(F)(F)F)[nH]c1=O. The summed E-state index contributed by atoms with van der Waals surface area (Å²) in [6.45, 7) is 0. The number of halogens is 5. The van der Waals surface area contributed by atoms with E-state index in [0.29, 0.717) is 12.3 Å². The summed E-state index contributed by atoms with van der Waals surface area (Å²) in [6, 6.07) is 7.98. The monoisotopic (exact) mass is 424 g/mol. The maximum absolute atomic E-state index is 13.9. The molecular formula is C19H13F5N4O2. The van der Waals surface area contributed by atoms with Gasteiger partial charge in [0, 0.05) is 24.3 Å². The summed E-state index contributed by atoms with van der Waals surface area (Å²) in [4.78, 5) is 18.7. The fraction of sp³-hybridized carbons (Fsp3) is 0.105. The summed E-state index contributed by atoms with van der Waals surface area (Å²) in [5.74, 6) is -2.52. The molecule has 0 amide bonds. The zero-order chi connectivity index (χ0) is 21.9. The van der Waals surface area contributed by atoms with E-state index in [2.05, 4.69) is 20.0 Å². The highest BCUT2D eigenvalue weighted by molar-refractivity contribution is 5.85. The molecule has 3 N–H and O–H groups in total. The summed E-state index contributed by atoms with van der Waals surface area (Å²) in [6.07, 6.45) is -4.48. The molecule has 0 saturated heterocycles. The van der Waals surface area contributed by atoms with Crippen LogP contribution in [0.3, 0.4) is 0 Å². The van der Waals surface area contributed by atoms with Crippen molar-refractivity contribution in [3.05, 3.63) is 81.4 Å². The number of H-pyrrole nitrogens is 1. The Labute approximate surface area is 165 Å². The lowest BCUT2D eigenvalue weighted by molar-refractivity contribution is -0.274. The van der Waals surface area contributed by atoms with E-state index in [1.807, 2.05) is 0 Å². The number of anilines is 2. The van der Waals surface area contributed by atoms with Crippen molar-refractivity contribution in [3.63, 3.8) is 0 Å². The largest absolute Gasteiger partial charge is 0.573 e. The van der Waals surface area contributed by atoms with E-state index in [-0.39, 0.29) is 34.9 Å². The van der Waals surface area contributed by atoms with Crippen molar-refractivity contribution in [2.75, 3.05) is 5.32 Å². The van der Waals surface area contributed by atoms with E-state index in [9.17, 15) is 26.7 Å². The van der Waals surface area contributed by atoms with Crippen molar-refractivity contribution >= 4 is 17.7 Å². The molecule has 0 bridgehead atoms. The lowest BCUT2D eigenvalue weighted by atomic mass is 10.1. The fourth-order valence-electron chi connectivity index (χ4n) is 2.61. The predicted molar refractivity (Wildman–Crippen MR) is 98.3 cm³/mol. The summed E-state index contributed by atoms with van der Waals surface area (Å²) in [5.41, 5.74) is -1.14. The Morgan fingerprint density at radius 3 is 2.57 bits per heavy atom. The van der Waals surface area contributed by atoms with Gasteiger partial charge in [0.1, 0.15) is 29.0 Å². The number of nitrogens with one attached hydrogen (secondary N) is 3. The molecule has 3 aromatic rings. The van der Waals surface area contributed by atoms with Crippen molar-refractivity contribution < 1.29 is 26.7 Å². The summed E-state index contributed by atoms with van der Waals surface area (Å²) in [7, 11) is 0. The van der Waals surface area contributed by atoms with Crippen molar-refractivity contribution in [2.24, 2.45) is 0 Å². The van der Waals surface area contributed by atoms with Crippen LogP contribution in [0.1, 0.15) is 17.0 Å². The topological polar surface area (TPSA) is 90.9 Å². The predicted octanol–water partition coefficient (Wildman–Crippen LogP) is 4.28. The molecule has 0 saturated carbocycles. The van der Waals surface area contributed by atoms with Gasteiger partial charge in [-0.2, -0.15) is 0 Å². The van der Waals surface area contributed by atoms with Crippen LogP contribution in [-0.4, -0.2) is 22.5 Å². The first kappa shape index (κ1) is 21.0. The molecule has 0 unspecified atom stereocenters. The quantitative estimate of drug-likeness (QED) is 0.407. The zero-order valence-electron chi connectivity index (χ0n) is 15.0. The normalized spacial score (nSPS) is 11.2. The van der Waals surface area contributed by atoms with Gasteiger partial charge in [-0.1, -0.05) is 18.2 Å². The minimum atomic E-state index is -4.91. The number of para-hydroxylation sites is 1. The highest BCUT2D eigenvalue weighted by atomic mass is 19.4. The van der Waals surface area contributed by atoms with Gasteiger partial charge in [-0.15, -0.1) is 13.2 Å². The van der Waals surface area contributed by atoms with Crippen molar-refractivity contribution in [2.45, 2.75) is 12.8 Å². The first-order valence-electron chi connectivity index (χ1n) is 8.35. The number of aromatic amines is 1. The molecule has 30 heavy (non-hydrogen) atoms. The summed E-state index contributed by atoms with van der Waals surface area (Å²) >= 11 is 0. The first-order chi connectivity index (χ1) is 14.2. The molecular weight excluding hydrogens is 411 g/mol. The summed E-state index contributed by atoms with van der Waals surface area (Å²) < 4.78 is 68.8. The second-order valence-electron chi connectivity index (χ2n) is 6.00. The number of rotatable bonds is 6. The third-order valence-electron chi connectivity index (χ3n) is 3.89. The van der Waals surface area contributed by atoms with Gasteiger partial charge in [-0.3, -0.25) is 4.79 Å². The smallest absolute Gasteiger partial charge is 0.405 e. The van der Waals surface area contributed by atoms with Crippen molar-refractivity contribution in [1.82, 2.24) is 9.97 Å². The molecule has 0 aliphatic rings. The summed E-state index contributed by atoms with van der Waals surface area (Å²) in [5, 5.41) is 9.88. The molecule has 6 nitrogen and oxygen atoms in total. The number of nitrogens with zero attached hydrogens (tertiary/aromatic N) is 1. The lowest BCUT2D eigenvalue weighted by Gasteiger charge is -2.14. The Hall–Kier alpha value is -3.76. The van der Waals surface area contributed by atoms with Gasteiger partial charge >= 0.3 is 6.36 Å². The third kappa shape index (κ3) is 4.99. The van der Waals surface area contributed by atoms with Crippen LogP contribution in [0.2, 0.25) is 0 Å². The van der Waals surface area contributed by atoms with E-state index in [4.69, 9.17) is 5.41 Å². The van der Waals surface area contributed by atoms with Gasteiger partial charge in [0.2, 0.25) is 0 Å². The van der Waals surface area contributed by atoms with Gasteiger partial charge in [-0.05, 0) is 18.2 Å². The Kier molecular flexibility index (Phi) is 5.81. The van der Waals surface area contributed by atoms with Gasteiger partial charge < -0.3 is 20.4 Å². The molecule has 2 aromatic carbocycles. The molecule has 156 valence electrons. The second kappa shape index (κ2) is 8.31. The molecule has 0 atom stereocenters. The number of aromatic nitrogens is 2. The Morgan fingerprint density at radius 1 is 1.17 bits per heavy atom. The Bertz CT molecular complexity index is 1140. The van der Waals surface area contributed by atoms with E-state index >= 15 is 0 Å². The van der Waals surface area contributed by atoms with Crippen LogP contribution in [-0.2, 0) is 6.42 Å². The third-order valence-corrected chi connectivity index (χ3v) is 3.89. The number of alkyl halides is 3. The number of benzene rings is 2. The highest BCUT2D eigenvalue weighted by Crippen LogP contribution is 2.28. The minimum Gasteiger partial charge on any atom is -0.405 e. The maximum atomic E-state index is 13.9. The zero-order valence-corrected chi connectivity index (χ0v) is 15.0. The van der Waals surface area contributed by atoms with Crippen molar-refractivity contribution in [3.8, 4) is 5.75 Å². The van der Waals surface area contributed by atoms with Crippen LogP contribution < -0.4 is 15.6 Å². The minimum absolute atomic E-state index is 0.0613. The van der Waals surface area contributed by atoms with Gasteiger partial charge in [0.05, 0.1) is 11.3 Å². The molecule has 11 heteroatoms. The van der Waals surface area contributed by atoms with Crippen LogP contribution >= 0.6 is 0 Å². The Morgan fingerprint density at radius 2 is 1.90 bits per heavy atom. The van der Waals surface area contributed by atoms with Gasteiger partial charge in [0.15, 0.2) is 0 Å². The van der Waals surface area contributed by atoms with E-state index in [1.165, 1.54) is 18.2 Å². The molecule has 3 rings (SSSR count). The molecule has 0 fully saturated rings. The lowest BCUT2D eigenvalue weighted by Crippen LogP contribution is -2.21. The molecule has 0 aliphatic carbocycles. The molecule has 0 aliphatic heterocycles. The van der Waals surface area contributed by atoms with Crippen LogP contribution in [0.15, 0.2) is 47.3 Å². The highest BCUT2D eigenvalue weighted by Gasteiger charge is 2.32. The average Bonchev–Trinajstić information content (AvgIpc) is 2.64. The second-order valence-corrected chi connectivity index (χ2v) is 6.00. The first-order valence-corrected chi connectivity index (χ1v) is 8.35. The standard InChI is InChI=1S/C19H13F5N4O2/c20-11-5-6-14(13(21)8-11)26-17-12(9-25)18(29)28-16(27-17)7-10-3-1-2-4-15(10)30-19(22,23)24/h1-6,8-9,25H,7H2,(H2,26,27,28,29). The van der Waals surface area contributed by atoms with Crippen LogP contribution in [0.5, 0.6) is 5.75 Å². The molecule has 1 aromatic heterocycles. The fourth-order valence-corrected chi connectivity index (χ4v) is 2.61. The number of hydrogen-bond donors (Lipinski definition) is 3. The number of hydrogen-bond acceptors (Lipinski definition) is 5. The van der Waals surface area contributed by atoms with Gasteiger partial charge in [0.25, 0.3) is 5.56 Å². The van der Waals surface area contributed by atoms with E-state index in [0.717, 1.165) is 18.2 Å².